The number of thioether (sulfide) groups is 1. The molecule has 1 N–H and O–H groups in total. The predicted octanol–water partition coefficient (Wildman–Crippen LogP) is 3.26. The van der Waals surface area contributed by atoms with Crippen molar-refractivity contribution >= 4 is 21.6 Å². The fraction of sp³-hybridized carbons (Fsp3) is 0.684. The van der Waals surface area contributed by atoms with Gasteiger partial charge in [-0.2, -0.15) is 11.8 Å². The zero-order chi connectivity index (χ0) is 18.0. The second-order valence-corrected chi connectivity index (χ2v) is 10.8. The Morgan fingerprint density at radius 3 is 2.52 bits per heavy atom. The molecule has 0 aliphatic carbocycles. The molecule has 2 aliphatic rings. The van der Waals surface area contributed by atoms with Crippen molar-refractivity contribution in [2.45, 2.75) is 66.9 Å². The molecule has 2 fully saturated rings. The third-order valence-electron chi connectivity index (χ3n) is 5.68. The molecule has 3 rings (SSSR count). The van der Waals surface area contributed by atoms with Crippen LogP contribution in [0.5, 0.6) is 0 Å². The minimum Gasteiger partial charge on any atom is -0.392 e. The van der Waals surface area contributed by atoms with Gasteiger partial charge in [0.1, 0.15) is 0 Å². The summed E-state index contributed by atoms with van der Waals surface area (Å²) < 4.78 is 23.3. The zero-order valence-electron chi connectivity index (χ0n) is 15.1. The normalized spacial score (nSPS) is 29.6. The minimum absolute atomic E-state index is 0.216. The predicted molar refractivity (Wildman–Crippen MR) is 104 cm³/mol. The van der Waals surface area contributed by atoms with Crippen LogP contribution in [0.3, 0.4) is 0 Å². The van der Waals surface area contributed by atoms with Crippen molar-refractivity contribution in [3.05, 3.63) is 29.8 Å². The zero-order valence-corrected chi connectivity index (χ0v) is 16.7. The summed E-state index contributed by atoms with van der Waals surface area (Å²) in [5.41, 5.74) is 1.17. The Morgan fingerprint density at radius 2 is 1.92 bits per heavy atom. The van der Waals surface area contributed by atoms with E-state index >= 15 is 0 Å². The summed E-state index contributed by atoms with van der Waals surface area (Å²) in [6.07, 6.45) is 7.59. The molecule has 0 aromatic heterocycles. The van der Waals surface area contributed by atoms with Gasteiger partial charge < -0.3 is 5.11 Å². The van der Waals surface area contributed by atoms with Gasteiger partial charge in [0.25, 0.3) is 0 Å². The third-order valence-corrected chi connectivity index (χ3v) is 8.31. The summed E-state index contributed by atoms with van der Waals surface area (Å²) in [6.45, 7) is 0. The number of hydrogen-bond donors (Lipinski definition) is 1. The average Bonchev–Trinajstić information content (AvgIpc) is 3.11. The first-order valence-corrected chi connectivity index (χ1v) is 12.1. The second-order valence-electron chi connectivity index (χ2n) is 7.46. The van der Waals surface area contributed by atoms with Crippen LogP contribution in [0.2, 0.25) is 0 Å². The summed E-state index contributed by atoms with van der Waals surface area (Å²) in [4.78, 5) is 2.77. The molecule has 1 aromatic rings. The average molecular weight is 384 g/mol. The maximum atomic E-state index is 11.6. The number of hydrogen-bond acceptors (Lipinski definition) is 5. The number of rotatable bonds is 5. The molecule has 4 atom stereocenters. The van der Waals surface area contributed by atoms with Gasteiger partial charge in [0.15, 0.2) is 9.84 Å². The van der Waals surface area contributed by atoms with Gasteiger partial charge in [0.05, 0.1) is 11.0 Å². The van der Waals surface area contributed by atoms with Crippen LogP contribution in [0.4, 0.5) is 0 Å². The van der Waals surface area contributed by atoms with Crippen molar-refractivity contribution in [2.75, 3.05) is 19.1 Å². The van der Waals surface area contributed by atoms with Crippen LogP contribution in [0.1, 0.15) is 50.1 Å². The van der Waals surface area contributed by atoms with Crippen molar-refractivity contribution in [3.63, 3.8) is 0 Å². The summed E-state index contributed by atoms with van der Waals surface area (Å²) in [5, 5.41) is 11.0. The number of benzene rings is 1. The molecule has 0 bridgehead atoms. The van der Waals surface area contributed by atoms with Crippen LogP contribution >= 0.6 is 11.8 Å². The SMILES string of the molecule is CN1C(C[C@H](O)C2CCCS2)CCCC1c1ccc(S(C)(=O)=O)cc1. The first-order valence-electron chi connectivity index (χ1n) is 9.18. The number of aliphatic hydroxyl groups is 1. The molecule has 6 heteroatoms. The van der Waals surface area contributed by atoms with Crippen LogP contribution in [-0.2, 0) is 9.84 Å². The highest BCUT2D eigenvalue weighted by Gasteiger charge is 2.33. The smallest absolute Gasteiger partial charge is 0.175 e. The maximum absolute atomic E-state index is 11.6. The molecular formula is C19H29NO3S2. The number of likely N-dealkylation sites (tertiary alicyclic amines) is 1. The van der Waals surface area contributed by atoms with E-state index in [1.54, 1.807) is 12.1 Å². The van der Waals surface area contributed by atoms with Gasteiger partial charge in [-0.15, -0.1) is 0 Å². The lowest BCUT2D eigenvalue weighted by molar-refractivity contribution is 0.0603. The van der Waals surface area contributed by atoms with Crippen LogP contribution in [0.15, 0.2) is 29.2 Å². The Morgan fingerprint density at radius 1 is 1.20 bits per heavy atom. The Labute approximate surface area is 155 Å². The highest BCUT2D eigenvalue weighted by molar-refractivity contribution is 8.00. The minimum atomic E-state index is -3.15. The number of nitrogens with zero attached hydrogens (tertiary/aromatic N) is 1. The van der Waals surface area contributed by atoms with E-state index < -0.39 is 9.84 Å². The quantitative estimate of drug-likeness (QED) is 0.846. The van der Waals surface area contributed by atoms with Gasteiger partial charge in [-0.05, 0) is 69.0 Å². The molecule has 1 aromatic carbocycles. The highest BCUT2D eigenvalue weighted by atomic mass is 32.2. The highest BCUT2D eigenvalue weighted by Crippen LogP contribution is 2.37. The van der Waals surface area contributed by atoms with Crippen molar-refractivity contribution in [1.82, 2.24) is 4.90 Å². The second kappa shape index (κ2) is 7.99. The van der Waals surface area contributed by atoms with Gasteiger partial charge >= 0.3 is 0 Å². The number of aliphatic hydroxyl groups excluding tert-OH is 1. The molecule has 2 aliphatic heterocycles. The molecule has 0 radical (unpaired) electrons. The molecular weight excluding hydrogens is 354 g/mol. The van der Waals surface area contributed by atoms with Crippen LogP contribution in [-0.4, -0.2) is 54.9 Å². The van der Waals surface area contributed by atoms with Crippen molar-refractivity contribution in [2.24, 2.45) is 0 Å². The summed E-state index contributed by atoms with van der Waals surface area (Å²) in [7, 11) is -1.00. The largest absolute Gasteiger partial charge is 0.392 e. The van der Waals surface area contributed by atoms with Crippen LogP contribution in [0, 0.1) is 0 Å². The fourth-order valence-electron chi connectivity index (χ4n) is 4.17. The monoisotopic (exact) mass is 383 g/mol. The van der Waals surface area contributed by atoms with Crippen LogP contribution in [0.25, 0.3) is 0 Å². The van der Waals surface area contributed by atoms with E-state index in [-0.39, 0.29) is 6.10 Å². The van der Waals surface area contributed by atoms with Gasteiger partial charge in [0, 0.05) is 23.6 Å². The lowest BCUT2D eigenvalue weighted by Crippen LogP contribution is -2.42. The van der Waals surface area contributed by atoms with Gasteiger partial charge in [0.2, 0.25) is 0 Å². The number of sulfone groups is 1. The Balaban J connectivity index is 1.68. The van der Waals surface area contributed by atoms with Crippen molar-refractivity contribution < 1.29 is 13.5 Å². The van der Waals surface area contributed by atoms with E-state index in [2.05, 4.69) is 11.9 Å². The lowest BCUT2D eigenvalue weighted by atomic mass is 9.88. The van der Waals surface area contributed by atoms with E-state index in [1.807, 2.05) is 23.9 Å². The van der Waals surface area contributed by atoms with Crippen LogP contribution < -0.4 is 0 Å². The number of piperidine rings is 1. The first kappa shape index (κ1) is 19.2. The van der Waals surface area contributed by atoms with Gasteiger partial charge in [-0.3, -0.25) is 4.90 Å². The topological polar surface area (TPSA) is 57.6 Å². The molecule has 2 saturated heterocycles. The molecule has 2 heterocycles. The molecule has 25 heavy (non-hydrogen) atoms. The standard InChI is InChI=1S/C19H29NO3S2/c1-20-15(13-18(21)19-7-4-12-24-19)5-3-6-17(20)14-8-10-16(11-9-14)25(2,22)23/h8-11,15,17-19,21H,3-7,12-13H2,1-2H3/t15?,17?,18-,19?/m0/s1. The van der Waals surface area contributed by atoms with E-state index in [4.69, 9.17) is 0 Å². The molecule has 0 amide bonds. The molecule has 4 nitrogen and oxygen atoms in total. The molecule has 0 spiro atoms. The summed E-state index contributed by atoms with van der Waals surface area (Å²) >= 11 is 1.92. The van der Waals surface area contributed by atoms with Crippen molar-refractivity contribution in [1.29, 1.82) is 0 Å². The summed E-state index contributed by atoms with van der Waals surface area (Å²) in [5.74, 6) is 1.18. The maximum Gasteiger partial charge on any atom is 0.175 e. The Hall–Kier alpha value is -0.560. The molecule has 0 saturated carbocycles. The Bertz CT molecular complexity index is 668. The van der Waals surface area contributed by atoms with E-state index in [0.717, 1.165) is 32.1 Å². The lowest BCUT2D eigenvalue weighted by Gasteiger charge is -2.41. The fourth-order valence-corrected chi connectivity index (χ4v) is 6.10. The van der Waals surface area contributed by atoms with Gasteiger partial charge in [-0.25, -0.2) is 8.42 Å². The molecule has 3 unspecified atom stereocenters. The Kier molecular flexibility index (Phi) is 6.14. The summed E-state index contributed by atoms with van der Waals surface area (Å²) in [6, 6.07) is 8.02. The van der Waals surface area contributed by atoms with E-state index in [1.165, 1.54) is 24.0 Å². The van der Waals surface area contributed by atoms with Gasteiger partial charge in [-0.1, -0.05) is 12.1 Å². The van der Waals surface area contributed by atoms with Crippen molar-refractivity contribution in [3.8, 4) is 0 Å². The van der Waals surface area contributed by atoms with E-state index in [9.17, 15) is 13.5 Å². The first-order chi connectivity index (χ1) is 11.9. The third kappa shape index (κ3) is 4.59. The molecule has 140 valence electrons. The van der Waals surface area contributed by atoms with E-state index in [0.29, 0.717) is 22.2 Å².